The number of aromatic nitrogens is 4. The van der Waals surface area contributed by atoms with Crippen LogP contribution < -0.4 is 5.32 Å². The van der Waals surface area contributed by atoms with Crippen molar-refractivity contribution in [3.8, 4) is 11.3 Å². The number of hydrogen-bond donors (Lipinski definition) is 1. The van der Waals surface area contributed by atoms with Gasteiger partial charge in [0.25, 0.3) is 0 Å². The average Bonchev–Trinajstić information content (AvgIpc) is 3.29. The summed E-state index contributed by atoms with van der Waals surface area (Å²) in [4.78, 5) is 10.1. The number of rotatable bonds is 5. The largest absolute Gasteiger partial charge is 0.352 e. The quantitative estimate of drug-likeness (QED) is 0.501. The van der Waals surface area contributed by atoms with Crippen LogP contribution >= 0.6 is 22.7 Å². The maximum Gasteiger partial charge on any atom is 0.214 e. The van der Waals surface area contributed by atoms with Crippen molar-refractivity contribution in [2.24, 2.45) is 0 Å². The number of nitrogens with one attached hydrogen (secondary N) is 1. The molecule has 134 valence electrons. The maximum absolute atomic E-state index is 13.1. The number of benzene rings is 1. The Labute approximate surface area is 158 Å². The Balaban J connectivity index is 1.52. The molecule has 0 saturated heterocycles. The summed E-state index contributed by atoms with van der Waals surface area (Å²) in [7, 11) is 0. The lowest BCUT2D eigenvalue weighted by molar-refractivity contribution is 0.628. The maximum atomic E-state index is 13.1. The van der Waals surface area contributed by atoms with Gasteiger partial charge in [-0.05, 0) is 31.2 Å². The zero-order valence-electron chi connectivity index (χ0n) is 14.6. The van der Waals surface area contributed by atoms with Crippen molar-refractivity contribution < 1.29 is 4.39 Å². The van der Waals surface area contributed by atoms with Gasteiger partial charge in [-0.15, -0.1) is 16.4 Å². The zero-order valence-corrected chi connectivity index (χ0v) is 16.2. The summed E-state index contributed by atoms with van der Waals surface area (Å²) in [5.74, 6) is 0.185. The van der Waals surface area contributed by atoms with E-state index in [9.17, 15) is 4.39 Å². The number of anilines is 1. The van der Waals surface area contributed by atoms with E-state index in [1.807, 2.05) is 6.20 Å². The molecule has 3 heterocycles. The van der Waals surface area contributed by atoms with Gasteiger partial charge in [-0.2, -0.15) is 0 Å². The Morgan fingerprint density at radius 3 is 2.54 bits per heavy atom. The van der Waals surface area contributed by atoms with E-state index >= 15 is 0 Å². The fourth-order valence-corrected chi connectivity index (χ4v) is 4.34. The van der Waals surface area contributed by atoms with Crippen LogP contribution in [0.1, 0.15) is 43.4 Å². The highest BCUT2D eigenvalue weighted by Crippen LogP contribution is 2.28. The Morgan fingerprint density at radius 1 is 1.12 bits per heavy atom. The first kappa shape index (κ1) is 17.1. The molecule has 1 aromatic carbocycles. The van der Waals surface area contributed by atoms with Gasteiger partial charge in [-0.1, -0.05) is 25.2 Å². The summed E-state index contributed by atoms with van der Waals surface area (Å²) in [5, 5.41) is 12.0. The molecule has 0 fully saturated rings. The number of hydrogen-bond acceptors (Lipinski definition) is 6. The summed E-state index contributed by atoms with van der Waals surface area (Å²) in [6.45, 7) is 6.37. The van der Waals surface area contributed by atoms with Crippen LogP contribution in [0.2, 0.25) is 0 Å². The summed E-state index contributed by atoms with van der Waals surface area (Å²) >= 11 is 3.17. The second-order valence-electron chi connectivity index (χ2n) is 6.40. The van der Waals surface area contributed by atoms with Crippen LogP contribution in [0, 0.1) is 5.82 Å². The highest BCUT2D eigenvalue weighted by atomic mass is 32.1. The number of fused-ring (bicyclic) bond motifs is 1. The molecule has 0 spiro atoms. The topological polar surface area (TPSA) is 55.1 Å². The van der Waals surface area contributed by atoms with Gasteiger partial charge in [-0.25, -0.2) is 18.9 Å². The Hall–Kier alpha value is -2.32. The van der Waals surface area contributed by atoms with Crippen molar-refractivity contribution in [2.75, 3.05) is 5.32 Å². The van der Waals surface area contributed by atoms with E-state index in [0.717, 1.165) is 32.1 Å². The van der Waals surface area contributed by atoms with E-state index in [-0.39, 0.29) is 11.9 Å². The summed E-state index contributed by atoms with van der Waals surface area (Å²) < 4.78 is 14.8. The highest BCUT2D eigenvalue weighted by molar-refractivity contribution is 7.20. The second kappa shape index (κ2) is 6.77. The van der Waals surface area contributed by atoms with Crippen LogP contribution in [-0.2, 0) is 0 Å². The molecule has 0 aliphatic carbocycles. The third kappa shape index (κ3) is 3.34. The standard InChI is InChI=1S/C18H18FN5S2/c1-10(2)16-21-15(9-25-16)11(3)20-17-23-24-8-14(22-18(24)26-17)12-4-6-13(19)7-5-12/h4-11H,1-3H3,(H,20,23). The van der Waals surface area contributed by atoms with Crippen molar-refractivity contribution in [1.29, 1.82) is 0 Å². The van der Waals surface area contributed by atoms with E-state index in [1.165, 1.54) is 23.5 Å². The third-order valence-electron chi connectivity index (χ3n) is 4.00. The summed E-state index contributed by atoms with van der Waals surface area (Å²) in [6.07, 6.45) is 1.86. The molecule has 4 rings (SSSR count). The van der Waals surface area contributed by atoms with Gasteiger partial charge in [0, 0.05) is 16.9 Å². The fourth-order valence-electron chi connectivity index (χ4n) is 2.54. The molecule has 0 aliphatic heterocycles. The molecule has 0 amide bonds. The summed E-state index contributed by atoms with van der Waals surface area (Å²) in [5.41, 5.74) is 2.68. The van der Waals surface area contributed by atoms with Gasteiger partial charge in [0.15, 0.2) is 0 Å². The van der Waals surface area contributed by atoms with Gasteiger partial charge in [0.2, 0.25) is 10.1 Å². The first-order chi connectivity index (χ1) is 12.5. The molecule has 1 unspecified atom stereocenters. The molecular weight excluding hydrogens is 369 g/mol. The average molecular weight is 388 g/mol. The van der Waals surface area contributed by atoms with E-state index in [2.05, 4.69) is 46.5 Å². The third-order valence-corrected chi connectivity index (χ3v) is 6.02. The van der Waals surface area contributed by atoms with Crippen LogP contribution in [0.4, 0.5) is 9.52 Å². The van der Waals surface area contributed by atoms with Crippen LogP contribution in [0.15, 0.2) is 35.8 Å². The van der Waals surface area contributed by atoms with E-state index in [4.69, 9.17) is 0 Å². The van der Waals surface area contributed by atoms with Gasteiger partial charge in [0.05, 0.1) is 28.6 Å². The van der Waals surface area contributed by atoms with Crippen LogP contribution in [-0.4, -0.2) is 19.6 Å². The van der Waals surface area contributed by atoms with Crippen LogP contribution in [0.5, 0.6) is 0 Å². The normalized spacial score (nSPS) is 12.8. The minimum Gasteiger partial charge on any atom is -0.352 e. The minimum atomic E-state index is -0.254. The Bertz CT molecular complexity index is 1000. The van der Waals surface area contributed by atoms with Gasteiger partial charge in [0.1, 0.15) is 5.82 Å². The predicted octanol–water partition coefficient (Wildman–Crippen LogP) is 5.35. The summed E-state index contributed by atoms with van der Waals surface area (Å²) in [6, 6.07) is 6.38. The van der Waals surface area contributed by atoms with Gasteiger partial charge >= 0.3 is 0 Å². The molecule has 0 aliphatic rings. The van der Waals surface area contributed by atoms with E-state index in [1.54, 1.807) is 28.0 Å². The number of thiazole rings is 1. The molecule has 0 saturated carbocycles. The van der Waals surface area contributed by atoms with Crippen molar-refractivity contribution >= 4 is 32.8 Å². The lowest BCUT2D eigenvalue weighted by Crippen LogP contribution is -2.07. The lowest BCUT2D eigenvalue weighted by Gasteiger charge is -2.09. The van der Waals surface area contributed by atoms with E-state index < -0.39 is 0 Å². The van der Waals surface area contributed by atoms with E-state index in [0.29, 0.717) is 5.92 Å². The molecule has 3 aromatic heterocycles. The van der Waals surface area contributed by atoms with Crippen LogP contribution in [0.3, 0.4) is 0 Å². The lowest BCUT2D eigenvalue weighted by atomic mass is 10.2. The smallest absolute Gasteiger partial charge is 0.214 e. The number of halogens is 1. The molecular formula is C18H18FN5S2. The zero-order chi connectivity index (χ0) is 18.3. The van der Waals surface area contributed by atoms with Crippen molar-refractivity contribution in [2.45, 2.75) is 32.7 Å². The predicted molar refractivity (Wildman–Crippen MR) is 104 cm³/mol. The SMILES string of the molecule is CC(C)c1nc(C(C)Nc2nn3cc(-c4ccc(F)cc4)nc3s2)cs1. The molecule has 0 radical (unpaired) electrons. The first-order valence-corrected chi connectivity index (χ1v) is 10.0. The first-order valence-electron chi connectivity index (χ1n) is 8.33. The van der Waals surface area contributed by atoms with Gasteiger partial charge < -0.3 is 5.32 Å². The molecule has 8 heteroatoms. The highest BCUT2D eigenvalue weighted by Gasteiger charge is 2.15. The Kier molecular flexibility index (Phi) is 4.46. The fraction of sp³-hybridized carbons (Fsp3) is 0.278. The number of imidazole rings is 1. The van der Waals surface area contributed by atoms with Crippen molar-refractivity contribution in [1.82, 2.24) is 19.6 Å². The minimum absolute atomic E-state index is 0.0752. The molecule has 0 bridgehead atoms. The molecule has 1 N–H and O–H groups in total. The molecule has 26 heavy (non-hydrogen) atoms. The van der Waals surface area contributed by atoms with Crippen molar-refractivity contribution in [3.05, 3.63) is 52.4 Å². The second-order valence-corrected chi connectivity index (χ2v) is 8.24. The number of nitrogens with zero attached hydrogens (tertiary/aromatic N) is 4. The monoisotopic (exact) mass is 387 g/mol. The molecule has 1 atom stereocenters. The van der Waals surface area contributed by atoms with Crippen LogP contribution in [0.25, 0.3) is 16.2 Å². The van der Waals surface area contributed by atoms with Crippen molar-refractivity contribution in [3.63, 3.8) is 0 Å². The van der Waals surface area contributed by atoms with Gasteiger partial charge in [-0.3, -0.25) is 0 Å². The Morgan fingerprint density at radius 2 is 1.88 bits per heavy atom. The molecule has 4 aromatic rings. The molecule has 5 nitrogen and oxygen atoms in total.